The van der Waals surface area contributed by atoms with E-state index < -0.39 is 24.4 Å². The standard InChI is InChI=1S/C36H36O6/c37-22-21-32-34(39-24-29-15-7-2-8-16-29)36(41-26-31-19-11-4-12-20-31)35(40-25-30-17-9-3-10-18-30)33(42-32)27-38-23-28-13-5-1-6-14-28/h1-22,33-36H,23-27H2/b32-21+/t33-,34+,35-,36-/m1/s1. The number of hydrogen-bond acceptors (Lipinski definition) is 6. The molecule has 1 heterocycles. The first-order valence-electron chi connectivity index (χ1n) is 14.2. The van der Waals surface area contributed by atoms with E-state index in [1.54, 1.807) is 0 Å². The second kappa shape index (κ2) is 15.8. The second-order valence-electron chi connectivity index (χ2n) is 10.1. The Hall–Kier alpha value is -4.07. The zero-order valence-corrected chi connectivity index (χ0v) is 23.5. The van der Waals surface area contributed by atoms with Crippen molar-refractivity contribution in [2.45, 2.75) is 50.8 Å². The quantitative estimate of drug-likeness (QED) is 0.130. The molecule has 1 saturated heterocycles. The molecule has 4 aromatic rings. The Morgan fingerprint density at radius 3 is 1.45 bits per heavy atom. The van der Waals surface area contributed by atoms with Gasteiger partial charge in [0.05, 0.1) is 33.0 Å². The largest absolute Gasteiger partial charge is 0.487 e. The predicted octanol–water partition coefficient (Wildman–Crippen LogP) is 6.44. The fraction of sp³-hybridized carbons (Fsp3) is 0.250. The number of allylic oxidation sites excluding steroid dienone is 1. The van der Waals surface area contributed by atoms with Gasteiger partial charge in [-0.05, 0) is 22.3 Å². The molecule has 216 valence electrons. The molecule has 6 nitrogen and oxygen atoms in total. The molecule has 4 atom stereocenters. The van der Waals surface area contributed by atoms with Gasteiger partial charge in [0.2, 0.25) is 0 Å². The van der Waals surface area contributed by atoms with Gasteiger partial charge in [0.1, 0.15) is 30.4 Å². The lowest BCUT2D eigenvalue weighted by atomic mass is 9.96. The molecule has 42 heavy (non-hydrogen) atoms. The average molecular weight is 565 g/mol. The predicted molar refractivity (Wildman–Crippen MR) is 160 cm³/mol. The van der Waals surface area contributed by atoms with Crippen molar-refractivity contribution in [2.75, 3.05) is 6.61 Å². The number of benzene rings is 4. The fourth-order valence-electron chi connectivity index (χ4n) is 4.91. The molecule has 0 N–H and O–H groups in total. The summed E-state index contributed by atoms with van der Waals surface area (Å²) in [6, 6.07) is 39.8. The van der Waals surface area contributed by atoms with E-state index >= 15 is 0 Å². The third-order valence-electron chi connectivity index (χ3n) is 7.03. The maximum Gasteiger partial charge on any atom is 0.150 e. The Labute approximate surface area is 247 Å². The Balaban J connectivity index is 1.42. The van der Waals surface area contributed by atoms with Crippen molar-refractivity contribution in [3.8, 4) is 0 Å². The fourth-order valence-corrected chi connectivity index (χ4v) is 4.91. The molecule has 0 saturated carbocycles. The molecule has 0 aliphatic carbocycles. The Kier molecular flexibility index (Phi) is 11.1. The maximum absolute atomic E-state index is 11.8. The molecule has 1 aliphatic heterocycles. The average Bonchev–Trinajstić information content (AvgIpc) is 3.05. The smallest absolute Gasteiger partial charge is 0.150 e. The van der Waals surface area contributed by atoms with Crippen molar-refractivity contribution < 1.29 is 28.5 Å². The van der Waals surface area contributed by atoms with E-state index in [9.17, 15) is 4.79 Å². The van der Waals surface area contributed by atoms with Gasteiger partial charge in [-0.25, -0.2) is 0 Å². The zero-order chi connectivity index (χ0) is 28.8. The van der Waals surface area contributed by atoms with Crippen molar-refractivity contribution in [3.05, 3.63) is 155 Å². The number of rotatable bonds is 14. The third-order valence-corrected chi connectivity index (χ3v) is 7.03. The van der Waals surface area contributed by atoms with E-state index in [2.05, 4.69) is 0 Å². The maximum atomic E-state index is 11.8. The van der Waals surface area contributed by atoms with Crippen LogP contribution in [0.25, 0.3) is 0 Å². The molecule has 0 aromatic heterocycles. The molecular formula is C36H36O6. The van der Waals surface area contributed by atoms with Crippen LogP contribution in [0.3, 0.4) is 0 Å². The van der Waals surface area contributed by atoms with Gasteiger partial charge in [-0.3, -0.25) is 4.79 Å². The number of carbonyl (C=O) groups excluding carboxylic acids is 1. The summed E-state index contributed by atoms with van der Waals surface area (Å²) in [5, 5.41) is 0. The van der Waals surface area contributed by atoms with Crippen molar-refractivity contribution in [1.29, 1.82) is 0 Å². The lowest BCUT2D eigenvalue weighted by Gasteiger charge is -2.43. The van der Waals surface area contributed by atoms with Crippen LogP contribution in [0, 0.1) is 0 Å². The van der Waals surface area contributed by atoms with Gasteiger partial charge >= 0.3 is 0 Å². The molecule has 1 aliphatic rings. The van der Waals surface area contributed by atoms with Crippen LogP contribution in [0.1, 0.15) is 22.3 Å². The SMILES string of the molecule is O=C/C=C1/O[C@H](COCc2ccccc2)[C@@H](OCc2ccccc2)[C@H](OCc2ccccc2)[C@H]1OCc1ccccc1. The Bertz CT molecular complexity index is 1360. The molecule has 0 spiro atoms. The minimum Gasteiger partial charge on any atom is -0.487 e. The Morgan fingerprint density at radius 1 is 0.548 bits per heavy atom. The normalized spacial score (nSPS) is 21.1. The summed E-state index contributed by atoms with van der Waals surface area (Å²) in [6.07, 6.45) is -0.217. The van der Waals surface area contributed by atoms with Crippen LogP contribution in [-0.4, -0.2) is 37.3 Å². The summed E-state index contributed by atoms with van der Waals surface area (Å²) < 4.78 is 32.2. The highest BCUT2D eigenvalue weighted by atomic mass is 16.6. The lowest BCUT2D eigenvalue weighted by molar-refractivity contribution is -0.223. The molecular weight excluding hydrogens is 528 g/mol. The lowest BCUT2D eigenvalue weighted by Crippen LogP contribution is -2.56. The number of aldehydes is 1. The summed E-state index contributed by atoms with van der Waals surface area (Å²) in [6.45, 7) is 1.67. The van der Waals surface area contributed by atoms with Crippen LogP contribution < -0.4 is 0 Å². The molecule has 0 amide bonds. The van der Waals surface area contributed by atoms with Gasteiger partial charge in [-0.1, -0.05) is 121 Å². The first kappa shape index (κ1) is 29.4. The summed E-state index contributed by atoms with van der Waals surface area (Å²) in [5.74, 6) is 0.395. The van der Waals surface area contributed by atoms with Gasteiger partial charge < -0.3 is 23.7 Å². The van der Waals surface area contributed by atoms with Crippen LogP contribution in [0.15, 0.2) is 133 Å². The second-order valence-corrected chi connectivity index (χ2v) is 10.1. The van der Waals surface area contributed by atoms with E-state index in [1.807, 2.05) is 121 Å². The summed E-state index contributed by atoms with van der Waals surface area (Å²) in [5.41, 5.74) is 4.10. The molecule has 1 fully saturated rings. The van der Waals surface area contributed by atoms with Crippen LogP contribution >= 0.6 is 0 Å². The molecule has 6 heteroatoms. The molecule has 0 bridgehead atoms. The van der Waals surface area contributed by atoms with E-state index in [1.165, 1.54) is 6.08 Å². The van der Waals surface area contributed by atoms with Crippen molar-refractivity contribution in [2.24, 2.45) is 0 Å². The van der Waals surface area contributed by atoms with E-state index in [0.717, 1.165) is 28.5 Å². The summed E-state index contributed by atoms with van der Waals surface area (Å²) in [4.78, 5) is 11.8. The molecule has 5 rings (SSSR count). The number of ether oxygens (including phenoxy) is 5. The molecule has 0 radical (unpaired) electrons. The summed E-state index contributed by atoms with van der Waals surface area (Å²) >= 11 is 0. The Morgan fingerprint density at radius 2 is 0.976 bits per heavy atom. The molecule has 4 aromatic carbocycles. The van der Waals surface area contributed by atoms with Crippen LogP contribution in [0.4, 0.5) is 0 Å². The van der Waals surface area contributed by atoms with E-state index in [4.69, 9.17) is 23.7 Å². The van der Waals surface area contributed by atoms with Crippen molar-refractivity contribution in [1.82, 2.24) is 0 Å². The minimum absolute atomic E-state index is 0.237. The first-order chi connectivity index (χ1) is 20.8. The highest BCUT2D eigenvalue weighted by Gasteiger charge is 2.46. The van der Waals surface area contributed by atoms with E-state index in [-0.39, 0.29) is 6.61 Å². The van der Waals surface area contributed by atoms with Gasteiger partial charge in [0.25, 0.3) is 0 Å². The van der Waals surface area contributed by atoms with Crippen molar-refractivity contribution >= 4 is 6.29 Å². The first-order valence-corrected chi connectivity index (χ1v) is 14.2. The van der Waals surface area contributed by atoms with Gasteiger partial charge in [0, 0.05) is 6.08 Å². The topological polar surface area (TPSA) is 63.2 Å². The van der Waals surface area contributed by atoms with E-state index in [0.29, 0.717) is 32.2 Å². The van der Waals surface area contributed by atoms with Crippen LogP contribution in [-0.2, 0) is 54.9 Å². The highest BCUT2D eigenvalue weighted by molar-refractivity contribution is 5.66. The van der Waals surface area contributed by atoms with Crippen molar-refractivity contribution in [3.63, 3.8) is 0 Å². The summed E-state index contributed by atoms with van der Waals surface area (Å²) in [7, 11) is 0. The van der Waals surface area contributed by atoms with Gasteiger partial charge in [-0.2, -0.15) is 0 Å². The third kappa shape index (κ3) is 8.47. The zero-order valence-electron chi connectivity index (χ0n) is 23.5. The van der Waals surface area contributed by atoms with Gasteiger partial charge in [-0.15, -0.1) is 0 Å². The minimum atomic E-state index is -0.676. The van der Waals surface area contributed by atoms with Gasteiger partial charge in [0.15, 0.2) is 6.10 Å². The monoisotopic (exact) mass is 564 g/mol. The highest BCUT2D eigenvalue weighted by Crippen LogP contribution is 2.33. The van der Waals surface area contributed by atoms with Crippen LogP contribution in [0.2, 0.25) is 0 Å². The van der Waals surface area contributed by atoms with Crippen LogP contribution in [0.5, 0.6) is 0 Å². The number of hydrogen-bond donors (Lipinski definition) is 0. The number of carbonyl (C=O) groups is 1. The molecule has 0 unspecified atom stereocenters.